The predicted molar refractivity (Wildman–Crippen MR) is 127 cm³/mol. The third kappa shape index (κ3) is 5.08. The summed E-state index contributed by atoms with van der Waals surface area (Å²) in [7, 11) is 3.88. The number of benzene rings is 3. The third-order valence-electron chi connectivity index (χ3n) is 4.71. The Hall–Kier alpha value is -4.13. The normalized spacial score (nSPS) is 10.5. The number of aryl methyl sites for hydroxylation is 1. The van der Waals surface area contributed by atoms with Crippen molar-refractivity contribution in [1.29, 1.82) is 0 Å². The minimum absolute atomic E-state index is 0.298. The van der Waals surface area contributed by atoms with Crippen LogP contribution in [0.4, 0.5) is 33.6 Å². The van der Waals surface area contributed by atoms with E-state index in [0.29, 0.717) is 11.6 Å². The first-order valence-electron chi connectivity index (χ1n) is 9.93. The first-order valence-corrected chi connectivity index (χ1v) is 9.93. The minimum atomic E-state index is -0.298. The molecular weight excluding hydrogens is 388 g/mol. The van der Waals surface area contributed by atoms with Crippen molar-refractivity contribution in [3.8, 4) is 0 Å². The van der Waals surface area contributed by atoms with E-state index in [4.69, 9.17) is 0 Å². The third-order valence-corrected chi connectivity index (χ3v) is 4.71. The van der Waals surface area contributed by atoms with E-state index < -0.39 is 0 Å². The second-order valence-electron chi connectivity index (χ2n) is 7.43. The quantitative estimate of drug-likeness (QED) is 0.409. The number of aromatic nitrogens is 2. The van der Waals surface area contributed by atoms with Crippen LogP contribution in [-0.4, -0.2) is 30.1 Å². The molecule has 4 aromatic rings. The number of amides is 2. The van der Waals surface area contributed by atoms with Gasteiger partial charge in [-0.2, -0.15) is 4.98 Å². The Morgan fingerprint density at radius 1 is 0.774 bits per heavy atom. The van der Waals surface area contributed by atoms with E-state index in [2.05, 4.69) is 25.9 Å². The molecule has 0 aliphatic rings. The molecule has 0 atom stereocenters. The molecule has 1 heterocycles. The molecule has 3 N–H and O–H groups in total. The van der Waals surface area contributed by atoms with Crippen molar-refractivity contribution in [1.82, 2.24) is 9.97 Å². The van der Waals surface area contributed by atoms with Gasteiger partial charge >= 0.3 is 6.03 Å². The Kier molecular flexibility index (Phi) is 5.66. The summed E-state index contributed by atoms with van der Waals surface area (Å²) in [4.78, 5) is 23.2. The summed E-state index contributed by atoms with van der Waals surface area (Å²) in [5, 5.41) is 11.1. The number of urea groups is 1. The van der Waals surface area contributed by atoms with Crippen LogP contribution in [0.3, 0.4) is 0 Å². The second kappa shape index (κ2) is 8.71. The average Bonchev–Trinajstić information content (AvgIpc) is 2.74. The van der Waals surface area contributed by atoms with Crippen molar-refractivity contribution in [2.24, 2.45) is 0 Å². The highest BCUT2D eigenvalue weighted by Gasteiger charge is 2.06. The predicted octanol–water partition coefficient (Wildman–Crippen LogP) is 5.39. The van der Waals surface area contributed by atoms with Gasteiger partial charge in [-0.15, -0.1) is 0 Å². The lowest BCUT2D eigenvalue weighted by molar-refractivity contribution is 0.262. The molecule has 0 radical (unpaired) electrons. The van der Waals surface area contributed by atoms with Gasteiger partial charge < -0.3 is 20.9 Å². The molecule has 156 valence electrons. The maximum atomic E-state index is 12.4. The van der Waals surface area contributed by atoms with Crippen molar-refractivity contribution >= 4 is 45.6 Å². The van der Waals surface area contributed by atoms with Gasteiger partial charge in [0.2, 0.25) is 5.95 Å². The van der Waals surface area contributed by atoms with Crippen molar-refractivity contribution in [2.75, 3.05) is 34.9 Å². The SMILES string of the molecule is Cc1cc(N(C)C)nc(Nc2ccc(NC(=O)Nc3ccc4ccccc4c3)cc2)n1. The van der Waals surface area contributed by atoms with Crippen LogP contribution >= 0.6 is 0 Å². The minimum Gasteiger partial charge on any atom is -0.363 e. The zero-order valence-electron chi connectivity index (χ0n) is 17.7. The molecule has 0 saturated carbocycles. The highest BCUT2D eigenvalue weighted by atomic mass is 16.2. The van der Waals surface area contributed by atoms with Gasteiger partial charge in [0.1, 0.15) is 5.82 Å². The van der Waals surface area contributed by atoms with Crippen molar-refractivity contribution in [2.45, 2.75) is 6.92 Å². The number of carbonyl (C=O) groups is 1. The number of nitrogens with one attached hydrogen (secondary N) is 3. The van der Waals surface area contributed by atoms with Crippen LogP contribution in [0.2, 0.25) is 0 Å². The molecular formula is C24H24N6O. The summed E-state index contributed by atoms with van der Waals surface area (Å²) in [5.41, 5.74) is 3.13. The van der Waals surface area contributed by atoms with Crippen molar-refractivity contribution in [3.05, 3.63) is 78.5 Å². The maximum Gasteiger partial charge on any atom is 0.323 e. The highest BCUT2D eigenvalue weighted by molar-refractivity contribution is 6.01. The van der Waals surface area contributed by atoms with Gasteiger partial charge in [0.15, 0.2) is 0 Å². The van der Waals surface area contributed by atoms with Crippen LogP contribution in [0.5, 0.6) is 0 Å². The topological polar surface area (TPSA) is 82.2 Å². The summed E-state index contributed by atoms with van der Waals surface area (Å²) in [6, 6.07) is 22.9. The van der Waals surface area contributed by atoms with Crippen LogP contribution in [0, 0.1) is 6.92 Å². The Morgan fingerprint density at radius 3 is 2.16 bits per heavy atom. The molecule has 0 bridgehead atoms. The molecule has 3 aromatic carbocycles. The van der Waals surface area contributed by atoms with E-state index in [-0.39, 0.29) is 6.03 Å². The van der Waals surface area contributed by atoms with E-state index in [1.54, 1.807) is 0 Å². The standard InChI is InChI=1S/C24H24N6O/c1-16-14-22(30(2)3)29-23(25-16)26-19-10-12-20(13-11-19)27-24(31)28-21-9-8-17-6-4-5-7-18(17)15-21/h4-15H,1-3H3,(H,25,26,29)(H2,27,28,31). The van der Waals surface area contributed by atoms with Crippen LogP contribution in [0.1, 0.15) is 5.69 Å². The zero-order valence-corrected chi connectivity index (χ0v) is 17.7. The number of anilines is 5. The lowest BCUT2D eigenvalue weighted by atomic mass is 10.1. The Balaban J connectivity index is 1.39. The lowest BCUT2D eigenvalue weighted by Crippen LogP contribution is -2.19. The first kappa shape index (κ1) is 20.2. The van der Waals surface area contributed by atoms with Crippen LogP contribution in [0.25, 0.3) is 10.8 Å². The summed E-state index contributed by atoms with van der Waals surface area (Å²) < 4.78 is 0. The molecule has 0 saturated heterocycles. The first-order chi connectivity index (χ1) is 15.0. The summed E-state index contributed by atoms with van der Waals surface area (Å²) >= 11 is 0. The van der Waals surface area contributed by atoms with Crippen LogP contribution < -0.4 is 20.9 Å². The maximum absolute atomic E-state index is 12.4. The molecule has 2 amide bonds. The molecule has 7 heteroatoms. The fraction of sp³-hybridized carbons (Fsp3) is 0.125. The largest absolute Gasteiger partial charge is 0.363 e. The second-order valence-corrected chi connectivity index (χ2v) is 7.43. The molecule has 0 unspecified atom stereocenters. The number of hydrogen-bond acceptors (Lipinski definition) is 5. The number of fused-ring (bicyclic) bond motifs is 1. The number of carbonyl (C=O) groups excluding carboxylic acids is 1. The molecule has 31 heavy (non-hydrogen) atoms. The van der Waals surface area contributed by atoms with Gasteiger partial charge in [0.05, 0.1) is 0 Å². The Morgan fingerprint density at radius 2 is 1.42 bits per heavy atom. The highest BCUT2D eigenvalue weighted by Crippen LogP contribution is 2.21. The van der Waals surface area contributed by atoms with Gasteiger partial charge in [-0.3, -0.25) is 0 Å². The van der Waals surface area contributed by atoms with Gasteiger partial charge in [-0.25, -0.2) is 9.78 Å². The zero-order chi connectivity index (χ0) is 21.8. The molecule has 1 aromatic heterocycles. The molecule has 0 fully saturated rings. The monoisotopic (exact) mass is 412 g/mol. The van der Waals surface area contributed by atoms with Gasteiger partial charge in [0.25, 0.3) is 0 Å². The van der Waals surface area contributed by atoms with Crippen molar-refractivity contribution in [3.63, 3.8) is 0 Å². The number of nitrogens with zero attached hydrogens (tertiary/aromatic N) is 3. The van der Waals surface area contributed by atoms with Crippen LogP contribution in [-0.2, 0) is 0 Å². The Bertz CT molecular complexity index is 1220. The van der Waals surface area contributed by atoms with E-state index in [1.165, 1.54) is 0 Å². The van der Waals surface area contributed by atoms with E-state index in [0.717, 1.165) is 33.7 Å². The lowest BCUT2D eigenvalue weighted by Gasteiger charge is -2.14. The fourth-order valence-corrected chi connectivity index (χ4v) is 3.16. The van der Waals surface area contributed by atoms with E-state index in [9.17, 15) is 4.79 Å². The average molecular weight is 412 g/mol. The van der Waals surface area contributed by atoms with E-state index >= 15 is 0 Å². The molecule has 0 spiro atoms. The van der Waals surface area contributed by atoms with Gasteiger partial charge in [-0.1, -0.05) is 30.3 Å². The number of rotatable bonds is 5. The molecule has 4 rings (SSSR count). The smallest absolute Gasteiger partial charge is 0.323 e. The van der Waals surface area contributed by atoms with E-state index in [1.807, 2.05) is 98.7 Å². The van der Waals surface area contributed by atoms with Crippen molar-refractivity contribution < 1.29 is 4.79 Å². The van der Waals surface area contributed by atoms with Gasteiger partial charge in [-0.05, 0) is 54.1 Å². The summed E-state index contributed by atoms with van der Waals surface area (Å²) in [6.45, 7) is 1.93. The summed E-state index contributed by atoms with van der Waals surface area (Å²) in [5.74, 6) is 1.36. The molecule has 0 aliphatic carbocycles. The van der Waals surface area contributed by atoms with Gasteiger partial charge in [0, 0.05) is 42.9 Å². The molecule has 7 nitrogen and oxygen atoms in total. The Labute approximate surface area is 181 Å². The summed E-state index contributed by atoms with van der Waals surface area (Å²) in [6.07, 6.45) is 0. The number of hydrogen-bond donors (Lipinski definition) is 3. The molecule has 0 aliphatic heterocycles. The fourth-order valence-electron chi connectivity index (χ4n) is 3.16. The van der Waals surface area contributed by atoms with Crippen LogP contribution in [0.15, 0.2) is 72.8 Å².